The first-order valence-corrected chi connectivity index (χ1v) is 8.22. The van der Waals surface area contributed by atoms with E-state index in [-0.39, 0.29) is 11.3 Å². The van der Waals surface area contributed by atoms with Gasteiger partial charge < -0.3 is 5.32 Å². The van der Waals surface area contributed by atoms with Crippen LogP contribution in [0.2, 0.25) is 0 Å². The van der Waals surface area contributed by atoms with E-state index in [1.54, 1.807) is 0 Å². The Labute approximate surface area is 139 Å². The number of hydrogen-bond acceptors (Lipinski definition) is 1. The van der Waals surface area contributed by atoms with Crippen LogP contribution in [0.5, 0.6) is 0 Å². The molecule has 0 aliphatic rings. The van der Waals surface area contributed by atoms with Gasteiger partial charge in [0.2, 0.25) is 5.91 Å². The van der Waals surface area contributed by atoms with Crippen molar-refractivity contribution in [3.63, 3.8) is 0 Å². The maximum atomic E-state index is 12.1. The number of anilines is 1. The zero-order valence-electron chi connectivity index (χ0n) is 14.9. The van der Waals surface area contributed by atoms with Crippen molar-refractivity contribution in [1.82, 2.24) is 0 Å². The molecule has 0 unspecified atom stereocenters. The van der Waals surface area contributed by atoms with Crippen molar-refractivity contribution in [2.75, 3.05) is 5.32 Å². The summed E-state index contributed by atoms with van der Waals surface area (Å²) in [4.78, 5) is 12.1. The molecule has 0 radical (unpaired) electrons. The molecule has 2 aromatic carbocycles. The van der Waals surface area contributed by atoms with Crippen LogP contribution in [0.1, 0.15) is 49.4 Å². The topological polar surface area (TPSA) is 29.1 Å². The maximum Gasteiger partial charge on any atom is 0.224 e. The molecular weight excluding hydrogens is 282 g/mol. The second-order valence-electron chi connectivity index (χ2n) is 7.29. The van der Waals surface area contributed by atoms with Gasteiger partial charge in [-0.25, -0.2) is 0 Å². The van der Waals surface area contributed by atoms with E-state index in [2.05, 4.69) is 64.2 Å². The molecule has 2 nitrogen and oxygen atoms in total. The Morgan fingerprint density at radius 1 is 0.957 bits per heavy atom. The predicted octanol–water partition coefficient (Wildman–Crippen LogP) is 5.17. The van der Waals surface area contributed by atoms with Gasteiger partial charge in [0.05, 0.1) is 0 Å². The van der Waals surface area contributed by atoms with E-state index in [4.69, 9.17) is 0 Å². The minimum Gasteiger partial charge on any atom is -0.326 e. The fourth-order valence-electron chi connectivity index (χ4n) is 2.47. The van der Waals surface area contributed by atoms with Gasteiger partial charge in [0.1, 0.15) is 0 Å². The Balaban J connectivity index is 1.90. The molecule has 0 fully saturated rings. The van der Waals surface area contributed by atoms with Crippen molar-refractivity contribution < 1.29 is 4.79 Å². The molecule has 1 N–H and O–H groups in total. The number of hydrogen-bond donors (Lipinski definition) is 1. The first-order chi connectivity index (χ1) is 10.8. The second-order valence-corrected chi connectivity index (χ2v) is 7.29. The minimum absolute atomic E-state index is 0.0631. The highest BCUT2D eigenvalue weighted by Crippen LogP contribution is 2.22. The van der Waals surface area contributed by atoms with Crippen LogP contribution in [-0.4, -0.2) is 5.91 Å². The quantitative estimate of drug-likeness (QED) is 0.829. The van der Waals surface area contributed by atoms with E-state index < -0.39 is 0 Å². The monoisotopic (exact) mass is 309 g/mol. The maximum absolute atomic E-state index is 12.1. The summed E-state index contributed by atoms with van der Waals surface area (Å²) >= 11 is 0. The lowest BCUT2D eigenvalue weighted by molar-refractivity contribution is -0.116. The van der Waals surface area contributed by atoms with Crippen molar-refractivity contribution in [2.45, 2.75) is 52.9 Å². The molecule has 0 spiro atoms. The zero-order valence-corrected chi connectivity index (χ0v) is 14.9. The number of carbonyl (C=O) groups is 1. The third-order valence-electron chi connectivity index (χ3n) is 4.25. The number of carbonyl (C=O) groups excluding carboxylic acids is 1. The molecule has 0 aliphatic carbocycles. The lowest BCUT2D eigenvalue weighted by Gasteiger charge is -2.19. The predicted molar refractivity (Wildman–Crippen MR) is 98.0 cm³/mol. The highest BCUT2D eigenvalue weighted by molar-refractivity contribution is 5.90. The van der Waals surface area contributed by atoms with E-state index in [0.29, 0.717) is 6.42 Å². The Hall–Kier alpha value is -2.09. The average molecular weight is 309 g/mol. The lowest BCUT2D eigenvalue weighted by atomic mass is 9.86. The molecule has 0 bridgehead atoms. The summed E-state index contributed by atoms with van der Waals surface area (Å²) in [5.74, 6) is 0.0631. The van der Waals surface area contributed by atoms with Gasteiger partial charge >= 0.3 is 0 Å². The highest BCUT2D eigenvalue weighted by Gasteiger charge is 2.13. The number of aryl methyl sites for hydroxylation is 3. The van der Waals surface area contributed by atoms with Crippen LogP contribution < -0.4 is 5.32 Å². The molecule has 23 heavy (non-hydrogen) atoms. The molecule has 0 heterocycles. The number of nitrogens with one attached hydrogen (secondary N) is 1. The Morgan fingerprint density at radius 3 is 2.17 bits per heavy atom. The molecule has 0 saturated carbocycles. The molecular formula is C21H27NO. The van der Waals surface area contributed by atoms with Gasteiger partial charge in [0, 0.05) is 12.1 Å². The van der Waals surface area contributed by atoms with Crippen molar-refractivity contribution in [2.24, 2.45) is 0 Å². The van der Waals surface area contributed by atoms with Crippen molar-refractivity contribution in [1.29, 1.82) is 0 Å². The standard InChI is InChI=1S/C21H27NO/c1-15-6-12-19(14-16(15)2)22-20(23)13-9-17-7-10-18(11-8-17)21(3,4)5/h6-8,10-12,14H,9,13H2,1-5H3,(H,22,23). The van der Waals surface area contributed by atoms with Gasteiger partial charge in [0.15, 0.2) is 0 Å². The van der Waals surface area contributed by atoms with Crippen molar-refractivity contribution >= 4 is 11.6 Å². The second kappa shape index (κ2) is 6.99. The molecule has 122 valence electrons. The first kappa shape index (κ1) is 17.3. The summed E-state index contributed by atoms with van der Waals surface area (Å²) < 4.78 is 0. The molecule has 1 amide bonds. The summed E-state index contributed by atoms with van der Waals surface area (Å²) in [7, 11) is 0. The number of rotatable bonds is 4. The Bertz CT molecular complexity index is 678. The molecule has 0 atom stereocenters. The molecule has 2 rings (SSSR count). The van der Waals surface area contributed by atoms with E-state index in [0.717, 1.165) is 12.1 Å². The number of benzene rings is 2. The smallest absolute Gasteiger partial charge is 0.224 e. The summed E-state index contributed by atoms with van der Waals surface area (Å²) in [5.41, 5.74) is 6.00. The van der Waals surface area contributed by atoms with Crippen molar-refractivity contribution in [3.8, 4) is 0 Å². The van der Waals surface area contributed by atoms with E-state index in [1.165, 1.54) is 22.3 Å². The van der Waals surface area contributed by atoms with Gasteiger partial charge in [-0.15, -0.1) is 0 Å². The Morgan fingerprint density at radius 2 is 1.61 bits per heavy atom. The third kappa shape index (κ3) is 4.95. The molecule has 2 heteroatoms. The van der Waals surface area contributed by atoms with Crippen LogP contribution in [0.4, 0.5) is 5.69 Å². The minimum atomic E-state index is 0.0631. The van der Waals surface area contributed by atoms with E-state index in [1.807, 2.05) is 18.2 Å². The molecule has 0 aromatic heterocycles. The SMILES string of the molecule is Cc1ccc(NC(=O)CCc2ccc(C(C)(C)C)cc2)cc1C. The fourth-order valence-corrected chi connectivity index (χ4v) is 2.47. The lowest BCUT2D eigenvalue weighted by Crippen LogP contribution is -2.13. The van der Waals surface area contributed by atoms with Crippen LogP contribution in [0, 0.1) is 13.8 Å². The fraction of sp³-hybridized carbons (Fsp3) is 0.381. The summed E-state index contributed by atoms with van der Waals surface area (Å²) in [6, 6.07) is 14.6. The largest absolute Gasteiger partial charge is 0.326 e. The van der Waals surface area contributed by atoms with Gasteiger partial charge in [-0.3, -0.25) is 4.79 Å². The van der Waals surface area contributed by atoms with Crippen LogP contribution >= 0.6 is 0 Å². The zero-order chi connectivity index (χ0) is 17.0. The van der Waals surface area contributed by atoms with Crippen LogP contribution in [0.15, 0.2) is 42.5 Å². The first-order valence-electron chi connectivity index (χ1n) is 8.22. The van der Waals surface area contributed by atoms with E-state index in [9.17, 15) is 4.79 Å². The molecule has 2 aromatic rings. The van der Waals surface area contributed by atoms with Crippen LogP contribution in [-0.2, 0) is 16.6 Å². The summed E-state index contributed by atoms with van der Waals surface area (Å²) in [6.07, 6.45) is 1.27. The van der Waals surface area contributed by atoms with Gasteiger partial charge in [-0.2, -0.15) is 0 Å². The van der Waals surface area contributed by atoms with Gasteiger partial charge in [-0.1, -0.05) is 51.1 Å². The van der Waals surface area contributed by atoms with E-state index >= 15 is 0 Å². The molecule has 0 aliphatic heterocycles. The molecule has 0 saturated heterocycles. The van der Waals surface area contributed by atoms with Crippen LogP contribution in [0.25, 0.3) is 0 Å². The highest BCUT2D eigenvalue weighted by atomic mass is 16.1. The van der Waals surface area contributed by atoms with Crippen molar-refractivity contribution in [3.05, 3.63) is 64.7 Å². The third-order valence-corrected chi connectivity index (χ3v) is 4.25. The van der Waals surface area contributed by atoms with Crippen LogP contribution in [0.3, 0.4) is 0 Å². The average Bonchev–Trinajstić information content (AvgIpc) is 2.48. The summed E-state index contributed by atoms with van der Waals surface area (Å²) in [5, 5.41) is 2.98. The van der Waals surface area contributed by atoms with Gasteiger partial charge in [-0.05, 0) is 60.1 Å². The normalized spacial score (nSPS) is 11.3. The summed E-state index contributed by atoms with van der Waals surface area (Å²) in [6.45, 7) is 10.8. The number of amides is 1. The Kier molecular flexibility index (Phi) is 5.25. The van der Waals surface area contributed by atoms with Gasteiger partial charge in [0.25, 0.3) is 0 Å².